The van der Waals surface area contributed by atoms with Gasteiger partial charge < -0.3 is 9.47 Å². The summed E-state index contributed by atoms with van der Waals surface area (Å²) in [6, 6.07) is 1.66. The first-order valence-electron chi connectivity index (χ1n) is 6.18. The maximum absolute atomic E-state index is 7.55. The molecule has 0 heterocycles. The molecule has 0 aromatic heterocycles. The summed E-state index contributed by atoms with van der Waals surface area (Å²) in [4.78, 5) is 0. The van der Waals surface area contributed by atoms with Gasteiger partial charge >= 0.3 is 0 Å². The van der Waals surface area contributed by atoms with Crippen LogP contribution in [-0.4, -0.2) is 14.2 Å². The molecule has 2 nitrogen and oxygen atoms in total. The van der Waals surface area contributed by atoms with Crippen molar-refractivity contribution in [3.63, 3.8) is 0 Å². The minimum Gasteiger partial charge on any atom is -0.496 e. The summed E-state index contributed by atoms with van der Waals surface area (Å²) >= 11 is 6.21. The Morgan fingerprint density at radius 2 is 2.00 bits per heavy atom. The average molecular weight is 232 g/mol. The number of rotatable bonds is 3. The molecule has 0 spiro atoms. The van der Waals surface area contributed by atoms with Crippen molar-refractivity contribution in [2.24, 2.45) is 0 Å². The Bertz CT molecular complexity index is 442. The molecule has 0 atom stereocenters. The van der Waals surface area contributed by atoms with E-state index in [1.807, 2.05) is 13.8 Å². The van der Waals surface area contributed by atoms with Crippen LogP contribution < -0.4 is 9.47 Å². The van der Waals surface area contributed by atoms with Crippen LogP contribution in [0.15, 0.2) is 6.07 Å². The molecular formula is C12H17ClO2. The van der Waals surface area contributed by atoms with Gasteiger partial charge in [-0.15, -0.1) is 0 Å². The van der Waals surface area contributed by atoms with Gasteiger partial charge in [-0.1, -0.05) is 25.4 Å². The van der Waals surface area contributed by atoms with E-state index in [-0.39, 0.29) is 23.0 Å². The standard InChI is InChI=1S/C12H17ClO2/c1-7(2)9-6-10(14-4)8(3)12(15-5)11(9)13/h6-7H,1-5H3/i3D3. The van der Waals surface area contributed by atoms with Crippen LogP contribution in [0.2, 0.25) is 5.02 Å². The Labute approximate surface area is 100 Å². The van der Waals surface area contributed by atoms with Crippen molar-refractivity contribution in [3.05, 3.63) is 22.2 Å². The second-order valence-electron chi connectivity index (χ2n) is 3.54. The van der Waals surface area contributed by atoms with E-state index in [0.29, 0.717) is 5.02 Å². The Balaban J connectivity index is 3.66. The summed E-state index contributed by atoms with van der Waals surface area (Å²) in [5, 5.41) is 0.333. The largest absolute Gasteiger partial charge is 0.496 e. The Morgan fingerprint density at radius 3 is 2.40 bits per heavy atom. The van der Waals surface area contributed by atoms with Crippen LogP contribution >= 0.6 is 11.6 Å². The topological polar surface area (TPSA) is 18.5 Å². The molecule has 0 N–H and O–H groups in total. The first-order valence-corrected chi connectivity index (χ1v) is 5.06. The fourth-order valence-electron chi connectivity index (χ4n) is 1.40. The van der Waals surface area contributed by atoms with Crippen molar-refractivity contribution in [2.75, 3.05) is 14.2 Å². The molecule has 0 saturated carbocycles. The van der Waals surface area contributed by atoms with Crippen LogP contribution in [0.25, 0.3) is 0 Å². The van der Waals surface area contributed by atoms with E-state index in [0.717, 1.165) is 5.56 Å². The molecule has 1 aromatic carbocycles. The number of hydrogen-bond acceptors (Lipinski definition) is 2. The van der Waals surface area contributed by atoms with E-state index in [2.05, 4.69) is 0 Å². The summed E-state index contributed by atoms with van der Waals surface area (Å²) in [5.74, 6) is 0.589. The molecule has 0 fully saturated rings. The van der Waals surface area contributed by atoms with Gasteiger partial charge in [-0.2, -0.15) is 0 Å². The summed E-state index contributed by atoms with van der Waals surface area (Å²) in [7, 11) is 2.84. The SMILES string of the molecule is [2H]C([2H])([2H])c1c(OC)cc(C(C)C)c(Cl)c1OC. The Morgan fingerprint density at radius 1 is 1.33 bits per heavy atom. The van der Waals surface area contributed by atoms with Crippen LogP contribution in [0.1, 0.15) is 35.0 Å². The van der Waals surface area contributed by atoms with Crippen LogP contribution in [0.5, 0.6) is 11.5 Å². The highest BCUT2D eigenvalue weighted by atomic mass is 35.5. The van der Waals surface area contributed by atoms with Crippen LogP contribution in [0, 0.1) is 6.85 Å². The van der Waals surface area contributed by atoms with E-state index in [1.54, 1.807) is 6.07 Å². The number of hydrogen-bond donors (Lipinski definition) is 0. The lowest BCUT2D eigenvalue weighted by Crippen LogP contribution is -1.98. The maximum atomic E-state index is 7.55. The van der Waals surface area contributed by atoms with Crippen LogP contribution in [-0.2, 0) is 0 Å². The second-order valence-corrected chi connectivity index (χ2v) is 3.92. The molecule has 0 saturated heterocycles. The number of methoxy groups -OCH3 is 2. The summed E-state index contributed by atoms with van der Waals surface area (Å²) in [5.41, 5.74) is 0.820. The summed E-state index contributed by atoms with van der Waals surface area (Å²) in [6.45, 7) is 1.60. The van der Waals surface area contributed by atoms with Gasteiger partial charge in [0.15, 0.2) is 0 Å². The second kappa shape index (κ2) is 4.75. The number of benzene rings is 1. The van der Waals surface area contributed by atoms with Crippen molar-refractivity contribution < 1.29 is 13.6 Å². The molecule has 15 heavy (non-hydrogen) atoms. The van der Waals surface area contributed by atoms with E-state index in [9.17, 15) is 0 Å². The average Bonchev–Trinajstić information content (AvgIpc) is 2.26. The van der Waals surface area contributed by atoms with E-state index >= 15 is 0 Å². The summed E-state index contributed by atoms with van der Waals surface area (Å²) < 4.78 is 33.0. The predicted molar refractivity (Wildman–Crippen MR) is 63.4 cm³/mol. The van der Waals surface area contributed by atoms with Gasteiger partial charge in [0.1, 0.15) is 11.5 Å². The highest BCUT2D eigenvalue weighted by Crippen LogP contribution is 2.40. The lowest BCUT2D eigenvalue weighted by Gasteiger charge is -2.17. The molecule has 0 aliphatic heterocycles. The van der Waals surface area contributed by atoms with E-state index < -0.39 is 6.85 Å². The third-order valence-electron chi connectivity index (χ3n) is 2.26. The van der Waals surface area contributed by atoms with Gasteiger partial charge in [-0.05, 0) is 24.4 Å². The fraction of sp³-hybridized carbons (Fsp3) is 0.500. The molecular weight excluding hydrogens is 212 g/mol. The molecule has 0 unspecified atom stereocenters. The van der Waals surface area contributed by atoms with Crippen LogP contribution in [0.3, 0.4) is 0 Å². The van der Waals surface area contributed by atoms with Gasteiger partial charge in [0.2, 0.25) is 0 Å². The minimum absolute atomic E-state index is 0.0156. The van der Waals surface area contributed by atoms with Crippen molar-refractivity contribution >= 4 is 11.6 Å². The monoisotopic (exact) mass is 231 g/mol. The zero-order valence-electron chi connectivity index (χ0n) is 12.3. The first kappa shape index (κ1) is 8.28. The van der Waals surface area contributed by atoms with E-state index in [1.165, 1.54) is 14.2 Å². The third-order valence-corrected chi connectivity index (χ3v) is 2.65. The maximum Gasteiger partial charge on any atom is 0.144 e. The predicted octanol–water partition coefficient (Wildman–Crippen LogP) is 3.79. The molecule has 1 rings (SSSR count). The molecule has 0 aliphatic carbocycles. The zero-order chi connectivity index (χ0) is 14.1. The number of ether oxygens (including phenoxy) is 2. The lowest BCUT2D eigenvalue weighted by atomic mass is 10.00. The lowest BCUT2D eigenvalue weighted by molar-refractivity contribution is 0.387. The molecule has 0 radical (unpaired) electrons. The number of halogens is 1. The molecule has 0 bridgehead atoms. The van der Waals surface area contributed by atoms with E-state index in [4.69, 9.17) is 25.2 Å². The smallest absolute Gasteiger partial charge is 0.144 e. The molecule has 0 aliphatic rings. The van der Waals surface area contributed by atoms with Crippen molar-refractivity contribution in [2.45, 2.75) is 26.6 Å². The third kappa shape index (κ3) is 2.20. The Hall–Kier alpha value is -0.890. The highest BCUT2D eigenvalue weighted by Gasteiger charge is 2.16. The first-order chi connectivity index (χ1) is 8.23. The van der Waals surface area contributed by atoms with Gasteiger partial charge in [0.05, 0.1) is 19.2 Å². The normalized spacial score (nSPS) is 14.4. The van der Waals surface area contributed by atoms with Gasteiger partial charge in [-0.3, -0.25) is 0 Å². The van der Waals surface area contributed by atoms with Crippen molar-refractivity contribution in [1.82, 2.24) is 0 Å². The molecule has 84 valence electrons. The molecule has 1 aromatic rings. The quantitative estimate of drug-likeness (QED) is 0.788. The van der Waals surface area contributed by atoms with Crippen molar-refractivity contribution in [3.8, 4) is 11.5 Å². The van der Waals surface area contributed by atoms with Crippen molar-refractivity contribution in [1.29, 1.82) is 0 Å². The fourth-order valence-corrected chi connectivity index (χ4v) is 1.85. The van der Waals surface area contributed by atoms with Gasteiger partial charge in [0.25, 0.3) is 0 Å². The molecule has 0 amide bonds. The van der Waals surface area contributed by atoms with Crippen LogP contribution in [0.4, 0.5) is 0 Å². The van der Waals surface area contributed by atoms with Gasteiger partial charge in [-0.25, -0.2) is 0 Å². The Kier molecular flexibility index (Phi) is 2.63. The van der Waals surface area contributed by atoms with Gasteiger partial charge in [0, 0.05) is 9.68 Å². The minimum atomic E-state index is -2.34. The zero-order valence-corrected chi connectivity index (χ0v) is 10.1. The summed E-state index contributed by atoms with van der Waals surface area (Å²) in [6.07, 6.45) is 0. The highest BCUT2D eigenvalue weighted by molar-refractivity contribution is 6.33. The molecule has 3 heteroatoms.